The van der Waals surface area contributed by atoms with Gasteiger partial charge in [0.15, 0.2) is 0 Å². The normalized spacial score (nSPS) is 13.9. The minimum atomic E-state index is -3.59. The van der Waals surface area contributed by atoms with Crippen LogP contribution in [0.15, 0.2) is 47.4 Å². The van der Waals surface area contributed by atoms with Gasteiger partial charge in [-0.15, -0.1) is 0 Å². The molecule has 2 aromatic rings. The van der Waals surface area contributed by atoms with E-state index in [0.717, 1.165) is 24.1 Å². The van der Waals surface area contributed by atoms with Gasteiger partial charge in [-0.2, -0.15) is 0 Å². The van der Waals surface area contributed by atoms with Crippen molar-refractivity contribution in [3.63, 3.8) is 0 Å². The maximum absolute atomic E-state index is 12.4. The van der Waals surface area contributed by atoms with Gasteiger partial charge in [-0.25, -0.2) is 13.1 Å². The van der Waals surface area contributed by atoms with Crippen LogP contribution >= 0.6 is 0 Å². The number of ether oxygens (including phenoxy) is 1. The average molecular weight is 418 g/mol. The molecule has 0 aromatic heterocycles. The molecule has 8 heteroatoms. The Hall–Kier alpha value is -2.58. The summed E-state index contributed by atoms with van der Waals surface area (Å²) in [5.74, 6) is 0.588. The minimum absolute atomic E-state index is 0.0193. The zero-order chi connectivity index (χ0) is 21.0. The molecule has 0 atom stereocenters. The Morgan fingerprint density at radius 2 is 1.93 bits per heavy atom. The lowest BCUT2D eigenvalue weighted by molar-refractivity contribution is -0.114. The van der Waals surface area contributed by atoms with Crippen molar-refractivity contribution in [2.75, 3.05) is 24.3 Å². The average Bonchev–Trinajstić information content (AvgIpc) is 3.49. The van der Waals surface area contributed by atoms with Gasteiger partial charge >= 0.3 is 0 Å². The van der Waals surface area contributed by atoms with Gasteiger partial charge in [0.05, 0.1) is 24.2 Å². The van der Waals surface area contributed by atoms with Gasteiger partial charge in [0.2, 0.25) is 15.9 Å². The van der Waals surface area contributed by atoms with Crippen molar-refractivity contribution in [3.8, 4) is 5.75 Å². The van der Waals surface area contributed by atoms with E-state index in [2.05, 4.69) is 29.2 Å². The third kappa shape index (κ3) is 5.71. The molecule has 0 saturated heterocycles. The fourth-order valence-corrected chi connectivity index (χ4v) is 4.17. The van der Waals surface area contributed by atoms with Crippen LogP contribution in [0, 0.1) is 0 Å². The molecular weight excluding hydrogens is 390 g/mol. The van der Waals surface area contributed by atoms with E-state index >= 15 is 0 Å². The molecule has 0 bridgehead atoms. The molecule has 1 saturated carbocycles. The van der Waals surface area contributed by atoms with Crippen molar-refractivity contribution >= 4 is 27.3 Å². The largest absolute Gasteiger partial charge is 0.495 e. The first-order chi connectivity index (χ1) is 13.8. The molecule has 7 nitrogen and oxygen atoms in total. The van der Waals surface area contributed by atoms with Crippen LogP contribution in [-0.2, 0) is 14.8 Å². The summed E-state index contributed by atoms with van der Waals surface area (Å²) in [6.45, 7) is 4.16. The summed E-state index contributed by atoms with van der Waals surface area (Å²) >= 11 is 0. The number of hydrogen-bond donors (Lipinski definition) is 3. The summed E-state index contributed by atoms with van der Waals surface area (Å²) in [6.07, 6.45) is 1.72. The zero-order valence-electron chi connectivity index (χ0n) is 16.9. The molecule has 3 N–H and O–H groups in total. The number of nitrogens with one attached hydrogen (secondary N) is 3. The standard InChI is InChI=1S/C21H27N3O4S/c1-14(2)15-5-4-6-17(11-15)23-21(25)13-22-19-12-18(9-10-20(19)28-3)29(26,27)24-16-7-8-16/h4-6,9-12,14,16,22,24H,7-8,13H2,1-3H3,(H,23,25). The van der Waals surface area contributed by atoms with Gasteiger partial charge in [0.25, 0.3) is 0 Å². The van der Waals surface area contributed by atoms with E-state index in [9.17, 15) is 13.2 Å². The predicted octanol–water partition coefficient (Wildman–Crippen LogP) is 3.31. The molecule has 2 aromatic carbocycles. The summed E-state index contributed by atoms with van der Waals surface area (Å²) in [5, 5.41) is 5.83. The van der Waals surface area contributed by atoms with Crippen LogP contribution in [-0.4, -0.2) is 34.0 Å². The number of amides is 1. The van der Waals surface area contributed by atoms with Crippen LogP contribution in [0.4, 0.5) is 11.4 Å². The van der Waals surface area contributed by atoms with Crippen molar-refractivity contribution in [2.24, 2.45) is 0 Å². The van der Waals surface area contributed by atoms with E-state index in [0.29, 0.717) is 17.4 Å². The van der Waals surface area contributed by atoms with Crippen molar-refractivity contribution in [1.82, 2.24) is 4.72 Å². The first kappa shape index (κ1) is 21.1. The fourth-order valence-electron chi connectivity index (χ4n) is 2.84. The summed E-state index contributed by atoms with van der Waals surface area (Å²) in [6, 6.07) is 12.3. The number of anilines is 2. The van der Waals surface area contributed by atoms with Gasteiger partial charge in [-0.1, -0.05) is 26.0 Å². The molecule has 0 aliphatic heterocycles. The lowest BCUT2D eigenvalue weighted by Gasteiger charge is -2.14. The summed E-state index contributed by atoms with van der Waals surface area (Å²) in [5.41, 5.74) is 2.30. The number of benzene rings is 2. The van der Waals surface area contributed by atoms with E-state index in [-0.39, 0.29) is 23.4 Å². The highest BCUT2D eigenvalue weighted by atomic mass is 32.2. The molecule has 3 rings (SSSR count). The van der Waals surface area contributed by atoms with E-state index in [4.69, 9.17) is 4.74 Å². The quantitative estimate of drug-likeness (QED) is 0.582. The van der Waals surface area contributed by atoms with Gasteiger partial charge in [0.1, 0.15) is 5.75 Å². The number of carbonyl (C=O) groups excluding carboxylic acids is 1. The number of hydrogen-bond acceptors (Lipinski definition) is 5. The number of methoxy groups -OCH3 is 1. The second kappa shape index (κ2) is 8.84. The monoisotopic (exact) mass is 417 g/mol. The lowest BCUT2D eigenvalue weighted by Crippen LogP contribution is -2.26. The van der Waals surface area contributed by atoms with Gasteiger partial charge < -0.3 is 15.4 Å². The molecular formula is C21H27N3O4S. The first-order valence-corrected chi connectivity index (χ1v) is 11.1. The van der Waals surface area contributed by atoms with Crippen molar-refractivity contribution in [1.29, 1.82) is 0 Å². The Morgan fingerprint density at radius 1 is 1.17 bits per heavy atom. The van der Waals surface area contributed by atoms with E-state index < -0.39 is 10.0 Å². The third-order valence-corrected chi connectivity index (χ3v) is 6.18. The molecule has 0 unspecified atom stereocenters. The molecule has 1 aliphatic rings. The fraction of sp³-hybridized carbons (Fsp3) is 0.381. The Labute approximate surface area is 171 Å². The summed E-state index contributed by atoms with van der Waals surface area (Å²) in [7, 11) is -2.10. The lowest BCUT2D eigenvalue weighted by atomic mass is 10.0. The highest BCUT2D eigenvalue weighted by Crippen LogP contribution is 2.29. The Morgan fingerprint density at radius 3 is 2.59 bits per heavy atom. The second-order valence-electron chi connectivity index (χ2n) is 7.44. The Bertz CT molecular complexity index is 985. The van der Waals surface area contributed by atoms with Crippen LogP contribution in [0.25, 0.3) is 0 Å². The van der Waals surface area contributed by atoms with E-state index in [1.54, 1.807) is 6.07 Å². The second-order valence-corrected chi connectivity index (χ2v) is 9.15. The number of sulfonamides is 1. The van der Waals surface area contributed by atoms with E-state index in [1.165, 1.54) is 19.2 Å². The SMILES string of the molecule is COc1ccc(S(=O)(=O)NC2CC2)cc1NCC(=O)Nc1cccc(C(C)C)c1. The maximum atomic E-state index is 12.4. The summed E-state index contributed by atoms with van der Waals surface area (Å²) in [4.78, 5) is 12.5. The molecule has 156 valence electrons. The van der Waals surface area contributed by atoms with Crippen molar-refractivity contribution in [2.45, 2.75) is 43.5 Å². The molecule has 29 heavy (non-hydrogen) atoms. The van der Waals surface area contributed by atoms with Crippen LogP contribution in [0.3, 0.4) is 0 Å². The minimum Gasteiger partial charge on any atom is -0.495 e. The molecule has 0 heterocycles. The zero-order valence-corrected chi connectivity index (χ0v) is 17.7. The number of carbonyl (C=O) groups is 1. The van der Waals surface area contributed by atoms with E-state index in [1.807, 2.05) is 24.3 Å². The summed E-state index contributed by atoms with van der Waals surface area (Å²) < 4.78 is 32.8. The molecule has 1 fully saturated rings. The predicted molar refractivity (Wildman–Crippen MR) is 114 cm³/mol. The first-order valence-electron chi connectivity index (χ1n) is 9.62. The highest BCUT2D eigenvalue weighted by molar-refractivity contribution is 7.89. The van der Waals surface area contributed by atoms with Gasteiger partial charge in [-0.3, -0.25) is 4.79 Å². The van der Waals surface area contributed by atoms with Gasteiger partial charge in [0, 0.05) is 11.7 Å². The van der Waals surface area contributed by atoms with Gasteiger partial charge in [-0.05, 0) is 54.7 Å². The number of rotatable bonds is 9. The topological polar surface area (TPSA) is 96.5 Å². The van der Waals surface area contributed by atoms with Crippen LogP contribution in [0.1, 0.15) is 38.2 Å². The van der Waals surface area contributed by atoms with Crippen LogP contribution in [0.2, 0.25) is 0 Å². The molecule has 1 amide bonds. The molecule has 0 spiro atoms. The highest BCUT2D eigenvalue weighted by Gasteiger charge is 2.28. The van der Waals surface area contributed by atoms with Crippen molar-refractivity contribution in [3.05, 3.63) is 48.0 Å². The van der Waals surface area contributed by atoms with Crippen LogP contribution in [0.5, 0.6) is 5.75 Å². The molecule has 0 radical (unpaired) electrons. The smallest absolute Gasteiger partial charge is 0.243 e. The third-order valence-electron chi connectivity index (χ3n) is 4.66. The van der Waals surface area contributed by atoms with Crippen molar-refractivity contribution < 1.29 is 17.9 Å². The molecule has 1 aliphatic carbocycles. The van der Waals surface area contributed by atoms with Crippen LogP contribution < -0.4 is 20.1 Å². The Kier molecular flexibility index (Phi) is 6.44. The Balaban J connectivity index is 1.68. The maximum Gasteiger partial charge on any atom is 0.243 e.